The number of fused-ring (bicyclic) bond motifs is 1. The summed E-state index contributed by atoms with van der Waals surface area (Å²) in [5, 5.41) is 0. The zero-order valence-corrected chi connectivity index (χ0v) is 14.8. The fourth-order valence-corrected chi connectivity index (χ4v) is 4.36. The number of hydrogen-bond donors (Lipinski definition) is 0. The lowest BCUT2D eigenvalue weighted by Gasteiger charge is -2.31. The second kappa shape index (κ2) is 5.08. The molecular formula is C19H23F2NO3. The highest BCUT2D eigenvalue weighted by Gasteiger charge is 2.85. The van der Waals surface area contributed by atoms with Crippen molar-refractivity contribution in [1.29, 1.82) is 0 Å². The largest absolute Gasteiger partial charge is 0.497 e. The van der Waals surface area contributed by atoms with Gasteiger partial charge in [-0.3, -0.25) is 4.79 Å². The van der Waals surface area contributed by atoms with E-state index in [9.17, 15) is 13.6 Å². The molecule has 1 unspecified atom stereocenters. The van der Waals surface area contributed by atoms with Gasteiger partial charge < -0.3 is 14.4 Å². The highest BCUT2D eigenvalue weighted by atomic mass is 19.3. The van der Waals surface area contributed by atoms with Crippen LogP contribution in [0.5, 0.6) is 11.5 Å². The Balaban J connectivity index is 1.63. The predicted molar refractivity (Wildman–Crippen MR) is 87.8 cm³/mol. The molecule has 1 aromatic rings. The van der Waals surface area contributed by atoms with E-state index in [1.807, 2.05) is 19.9 Å². The number of carbonyl (C=O) groups is 1. The zero-order valence-electron chi connectivity index (χ0n) is 14.8. The van der Waals surface area contributed by atoms with Crippen LogP contribution in [0, 0.1) is 11.3 Å². The van der Waals surface area contributed by atoms with Gasteiger partial charge in [-0.05, 0) is 38.8 Å². The van der Waals surface area contributed by atoms with Crippen LogP contribution in [0.1, 0.15) is 38.7 Å². The highest BCUT2D eigenvalue weighted by molar-refractivity contribution is 5.85. The molecular weight excluding hydrogens is 328 g/mol. The Kier molecular flexibility index (Phi) is 3.38. The van der Waals surface area contributed by atoms with E-state index in [4.69, 9.17) is 9.47 Å². The van der Waals surface area contributed by atoms with Gasteiger partial charge in [0.1, 0.15) is 23.0 Å². The molecule has 1 heterocycles. The van der Waals surface area contributed by atoms with Crippen LogP contribution < -0.4 is 9.47 Å². The smallest absolute Gasteiger partial charge is 0.266 e. The molecule has 1 aromatic carbocycles. The molecule has 0 aromatic heterocycles. The third-order valence-corrected chi connectivity index (χ3v) is 5.89. The number of amides is 1. The van der Waals surface area contributed by atoms with Crippen LogP contribution >= 0.6 is 0 Å². The molecule has 0 N–H and O–H groups in total. The number of benzene rings is 1. The van der Waals surface area contributed by atoms with Crippen LogP contribution in [0.15, 0.2) is 18.2 Å². The summed E-state index contributed by atoms with van der Waals surface area (Å²) in [6.45, 7) is 4.30. The van der Waals surface area contributed by atoms with Crippen LogP contribution in [0.2, 0.25) is 0 Å². The quantitative estimate of drug-likeness (QED) is 0.817. The van der Waals surface area contributed by atoms with Crippen molar-refractivity contribution in [1.82, 2.24) is 4.90 Å². The van der Waals surface area contributed by atoms with Gasteiger partial charge in [0.05, 0.1) is 19.1 Å². The lowest BCUT2D eigenvalue weighted by Crippen LogP contribution is -2.44. The summed E-state index contributed by atoms with van der Waals surface area (Å²) in [7, 11) is 1.58. The Hall–Kier alpha value is -1.85. The minimum Gasteiger partial charge on any atom is -0.497 e. The van der Waals surface area contributed by atoms with Crippen molar-refractivity contribution in [2.75, 3.05) is 13.7 Å². The summed E-state index contributed by atoms with van der Waals surface area (Å²) in [6.07, 6.45) is 1.70. The maximum atomic E-state index is 14.3. The van der Waals surface area contributed by atoms with Gasteiger partial charge in [-0.25, -0.2) is 8.78 Å². The van der Waals surface area contributed by atoms with Crippen molar-refractivity contribution >= 4 is 5.91 Å². The molecule has 136 valence electrons. The SMILES string of the molecule is COc1ccc2c(c1)OC(C)(C)CN(C(=O)C1C(F)(F)C13CCC3)C2. The van der Waals surface area contributed by atoms with Gasteiger partial charge in [0.15, 0.2) is 0 Å². The highest BCUT2D eigenvalue weighted by Crippen LogP contribution is 2.75. The summed E-state index contributed by atoms with van der Waals surface area (Å²) in [5.41, 5.74) is -0.916. The second-order valence-electron chi connectivity index (χ2n) is 8.10. The molecule has 0 radical (unpaired) electrons. The number of ether oxygens (including phenoxy) is 2. The van der Waals surface area contributed by atoms with Crippen LogP contribution in [0.25, 0.3) is 0 Å². The summed E-state index contributed by atoms with van der Waals surface area (Å²) in [6, 6.07) is 5.41. The van der Waals surface area contributed by atoms with Crippen LogP contribution in [0.4, 0.5) is 8.78 Å². The van der Waals surface area contributed by atoms with E-state index < -0.39 is 28.8 Å². The summed E-state index contributed by atoms with van der Waals surface area (Å²) < 4.78 is 39.9. The predicted octanol–water partition coefficient (Wildman–Crippen LogP) is 3.63. The first-order valence-electron chi connectivity index (χ1n) is 8.73. The van der Waals surface area contributed by atoms with Gasteiger partial charge in [-0.1, -0.05) is 6.42 Å². The number of nitrogens with zero attached hydrogens (tertiary/aromatic N) is 1. The monoisotopic (exact) mass is 351 g/mol. The standard InChI is InChI=1S/C19H23F2NO3/c1-17(2)11-22(10-12-5-6-13(24-3)9-14(12)25-17)16(23)15-18(7-4-8-18)19(15,20)21/h5-6,9,15H,4,7-8,10-11H2,1-3H3. The van der Waals surface area contributed by atoms with E-state index in [1.165, 1.54) is 0 Å². The van der Waals surface area contributed by atoms with Crippen LogP contribution in [-0.2, 0) is 11.3 Å². The number of halogens is 2. The molecule has 1 atom stereocenters. The molecule has 2 aliphatic carbocycles. The first-order chi connectivity index (χ1) is 11.7. The first-order valence-corrected chi connectivity index (χ1v) is 8.73. The average Bonchev–Trinajstić information content (AvgIpc) is 3.07. The molecule has 0 bridgehead atoms. The minimum absolute atomic E-state index is 0.282. The zero-order chi connectivity index (χ0) is 18.0. The normalized spacial score (nSPS) is 27.6. The third-order valence-electron chi connectivity index (χ3n) is 5.89. The molecule has 4 nitrogen and oxygen atoms in total. The van der Waals surface area contributed by atoms with Crippen LogP contribution in [-0.4, -0.2) is 36.0 Å². The molecule has 6 heteroatoms. The van der Waals surface area contributed by atoms with Crippen molar-refractivity contribution in [3.63, 3.8) is 0 Å². The molecule has 1 aliphatic heterocycles. The van der Waals surface area contributed by atoms with Gasteiger partial charge in [0, 0.05) is 18.2 Å². The fourth-order valence-electron chi connectivity index (χ4n) is 4.36. The Morgan fingerprint density at radius 2 is 2.04 bits per heavy atom. The number of methoxy groups -OCH3 is 1. The van der Waals surface area contributed by atoms with Crippen molar-refractivity contribution in [2.45, 2.75) is 51.2 Å². The van der Waals surface area contributed by atoms with E-state index >= 15 is 0 Å². The van der Waals surface area contributed by atoms with E-state index in [1.54, 1.807) is 24.1 Å². The molecule has 2 fully saturated rings. The molecule has 0 saturated heterocycles. The maximum Gasteiger partial charge on any atom is 0.266 e. The minimum atomic E-state index is -2.86. The van der Waals surface area contributed by atoms with Crippen molar-refractivity contribution in [2.24, 2.45) is 11.3 Å². The Morgan fingerprint density at radius 3 is 2.60 bits per heavy atom. The number of hydrogen-bond acceptors (Lipinski definition) is 3. The third kappa shape index (κ3) is 2.33. The first kappa shape index (κ1) is 16.6. The fraction of sp³-hybridized carbons (Fsp3) is 0.632. The van der Waals surface area contributed by atoms with Gasteiger partial charge >= 0.3 is 0 Å². The average molecular weight is 351 g/mol. The van der Waals surface area contributed by atoms with Gasteiger partial charge in [0.25, 0.3) is 5.92 Å². The number of alkyl halides is 2. The Morgan fingerprint density at radius 1 is 1.32 bits per heavy atom. The molecule has 1 amide bonds. The summed E-state index contributed by atoms with van der Waals surface area (Å²) in [4.78, 5) is 14.5. The topological polar surface area (TPSA) is 38.8 Å². The number of rotatable bonds is 2. The molecule has 4 rings (SSSR count). The maximum absolute atomic E-state index is 14.3. The van der Waals surface area contributed by atoms with E-state index in [2.05, 4.69) is 0 Å². The molecule has 3 aliphatic rings. The van der Waals surface area contributed by atoms with Crippen molar-refractivity contribution < 1.29 is 23.0 Å². The Bertz CT molecular complexity index is 727. The lowest BCUT2D eigenvalue weighted by molar-refractivity contribution is -0.137. The number of carbonyl (C=O) groups excluding carboxylic acids is 1. The van der Waals surface area contributed by atoms with Crippen molar-refractivity contribution in [3.8, 4) is 11.5 Å². The van der Waals surface area contributed by atoms with Gasteiger partial charge in [-0.15, -0.1) is 0 Å². The molecule has 1 spiro atoms. The van der Waals surface area contributed by atoms with E-state index in [0.29, 0.717) is 24.3 Å². The van der Waals surface area contributed by atoms with E-state index in [0.717, 1.165) is 12.0 Å². The van der Waals surface area contributed by atoms with Crippen molar-refractivity contribution in [3.05, 3.63) is 23.8 Å². The summed E-state index contributed by atoms with van der Waals surface area (Å²) >= 11 is 0. The van der Waals surface area contributed by atoms with Gasteiger partial charge in [-0.2, -0.15) is 0 Å². The Labute approximate surface area is 146 Å². The molecule has 25 heavy (non-hydrogen) atoms. The molecule has 2 saturated carbocycles. The van der Waals surface area contributed by atoms with Crippen LogP contribution in [0.3, 0.4) is 0 Å². The lowest BCUT2D eigenvalue weighted by atomic mass is 9.79. The van der Waals surface area contributed by atoms with E-state index in [-0.39, 0.29) is 13.1 Å². The van der Waals surface area contributed by atoms with Gasteiger partial charge in [0.2, 0.25) is 5.91 Å². The summed E-state index contributed by atoms with van der Waals surface area (Å²) in [5.74, 6) is -3.16. The second-order valence-corrected chi connectivity index (χ2v) is 8.10.